The Bertz CT molecular complexity index is 566. The van der Waals surface area contributed by atoms with Gasteiger partial charge >= 0.3 is 12.1 Å². The third kappa shape index (κ3) is 4.64. The summed E-state index contributed by atoms with van der Waals surface area (Å²) in [5, 5.41) is 10.5. The zero-order valence-corrected chi connectivity index (χ0v) is 12.6. The molecule has 0 atom stereocenters. The molecule has 0 spiro atoms. The van der Waals surface area contributed by atoms with Gasteiger partial charge in [-0.05, 0) is 31.9 Å². The minimum Gasteiger partial charge on any atom is -0.350 e. The van der Waals surface area contributed by atoms with Gasteiger partial charge in [-0.3, -0.25) is 9.59 Å². The highest BCUT2D eigenvalue weighted by molar-refractivity contribution is 5.83. The van der Waals surface area contributed by atoms with Gasteiger partial charge in [-0.15, -0.1) is 0 Å². The monoisotopic (exact) mass is 330 g/mol. The smallest absolute Gasteiger partial charge is 0.350 e. The summed E-state index contributed by atoms with van der Waals surface area (Å²) < 4.78 is 37.0. The number of alkyl halides is 3. The number of halogens is 3. The molecule has 1 aromatic heterocycles. The minimum atomic E-state index is -4.86. The Morgan fingerprint density at radius 2 is 1.91 bits per heavy atom. The molecule has 1 saturated heterocycles. The molecule has 23 heavy (non-hydrogen) atoms. The molecule has 1 fully saturated rings. The highest BCUT2D eigenvalue weighted by atomic mass is 19.4. The normalized spacial score (nSPS) is 16.3. The van der Waals surface area contributed by atoms with E-state index < -0.39 is 18.0 Å². The summed E-state index contributed by atoms with van der Waals surface area (Å²) in [6.45, 7) is 1.88. The summed E-state index contributed by atoms with van der Waals surface area (Å²) in [5.74, 6) is -2.48. The Kier molecular flexibility index (Phi) is 5.17. The molecule has 126 valence electrons. The van der Waals surface area contributed by atoms with Gasteiger partial charge in [0.1, 0.15) is 0 Å². The summed E-state index contributed by atoms with van der Waals surface area (Å²) >= 11 is 0. The Balaban J connectivity index is 1.79. The highest BCUT2D eigenvalue weighted by Gasteiger charge is 2.43. The van der Waals surface area contributed by atoms with Crippen LogP contribution in [0.25, 0.3) is 0 Å². The molecule has 0 saturated carbocycles. The number of nitrogens with zero attached hydrogens (tertiary/aromatic N) is 3. The number of hydrogen-bond donors (Lipinski definition) is 1. The van der Waals surface area contributed by atoms with E-state index in [-0.39, 0.29) is 38.4 Å². The average Bonchev–Trinajstić information content (AvgIpc) is 2.52. The van der Waals surface area contributed by atoms with Gasteiger partial charge in [-0.1, -0.05) is 0 Å². The van der Waals surface area contributed by atoms with Crippen LogP contribution in [0.4, 0.5) is 13.2 Å². The molecule has 6 nitrogen and oxygen atoms in total. The molecule has 2 amide bonds. The number of amides is 2. The maximum Gasteiger partial charge on any atom is 0.471 e. The van der Waals surface area contributed by atoms with Crippen LogP contribution >= 0.6 is 0 Å². The van der Waals surface area contributed by atoms with Crippen molar-refractivity contribution >= 4 is 11.8 Å². The van der Waals surface area contributed by atoms with E-state index in [1.54, 1.807) is 19.1 Å². The molecule has 9 heteroatoms. The summed E-state index contributed by atoms with van der Waals surface area (Å²) in [7, 11) is 0. The molecule has 0 bridgehead atoms. The molecule has 1 aliphatic heterocycles. The number of aryl methyl sites for hydroxylation is 1. The Morgan fingerprint density at radius 3 is 2.43 bits per heavy atom. The average molecular weight is 330 g/mol. The minimum absolute atomic E-state index is 0.0687. The van der Waals surface area contributed by atoms with Crippen molar-refractivity contribution in [2.45, 2.75) is 32.5 Å². The van der Waals surface area contributed by atoms with Crippen molar-refractivity contribution in [2.24, 2.45) is 5.92 Å². The zero-order chi connectivity index (χ0) is 17.0. The van der Waals surface area contributed by atoms with Crippen LogP contribution in [-0.2, 0) is 16.1 Å². The van der Waals surface area contributed by atoms with Crippen LogP contribution < -0.4 is 5.32 Å². The second-order valence-electron chi connectivity index (χ2n) is 5.45. The van der Waals surface area contributed by atoms with E-state index in [0.29, 0.717) is 5.69 Å². The van der Waals surface area contributed by atoms with Crippen molar-refractivity contribution in [1.29, 1.82) is 0 Å². The molecule has 0 unspecified atom stereocenters. The van der Waals surface area contributed by atoms with Crippen LogP contribution in [0, 0.1) is 12.8 Å². The Morgan fingerprint density at radius 1 is 1.26 bits per heavy atom. The number of hydrogen-bond acceptors (Lipinski definition) is 4. The van der Waals surface area contributed by atoms with Crippen molar-refractivity contribution in [3.05, 3.63) is 23.5 Å². The van der Waals surface area contributed by atoms with Gasteiger partial charge in [0.05, 0.1) is 17.9 Å². The number of carbonyl (C=O) groups excluding carboxylic acids is 2. The number of nitrogens with one attached hydrogen (secondary N) is 1. The number of carbonyl (C=O) groups is 2. The summed E-state index contributed by atoms with van der Waals surface area (Å²) in [6, 6.07) is 3.52. The zero-order valence-electron chi connectivity index (χ0n) is 12.6. The van der Waals surface area contributed by atoms with Crippen molar-refractivity contribution in [2.75, 3.05) is 13.1 Å². The van der Waals surface area contributed by atoms with Gasteiger partial charge in [0.15, 0.2) is 0 Å². The third-order valence-electron chi connectivity index (χ3n) is 3.69. The molecule has 0 aromatic carbocycles. The van der Waals surface area contributed by atoms with E-state index >= 15 is 0 Å². The highest BCUT2D eigenvalue weighted by Crippen LogP contribution is 2.24. The maximum absolute atomic E-state index is 12.3. The first-order valence-corrected chi connectivity index (χ1v) is 7.20. The molecular weight excluding hydrogens is 313 g/mol. The first-order valence-electron chi connectivity index (χ1n) is 7.20. The number of aromatic nitrogens is 2. The lowest BCUT2D eigenvalue weighted by Gasteiger charge is -2.31. The quantitative estimate of drug-likeness (QED) is 0.904. The molecule has 1 aromatic rings. The molecule has 0 aliphatic carbocycles. The lowest BCUT2D eigenvalue weighted by molar-refractivity contribution is -0.186. The topological polar surface area (TPSA) is 75.2 Å². The lowest BCUT2D eigenvalue weighted by Crippen LogP contribution is -2.47. The summed E-state index contributed by atoms with van der Waals surface area (Å²) in [4.78, 5) is 23.9. The first-order chi connectivity index (χ1) is 10.8. The van der Waals surface area contributed by atoms with E-state index in [9.17, 15) is 22.8 Å². The largest absolute Gasteiger partial charge is 0.471 e. The number of likely N-dealkylation sites (tertiary alicyclic amines) is 1. The van der Waals surface area contributed by atoms with E-state index in [2.05, 4.69) is 15.5 Å². The lowest BCUT2D eigenvalue weighted by atomic mass is 9.96. The molecule has 1 N–H and O–H groups in total. The van der Waals surface area contributed by atoms with Gasteiger partial charge in [0, 0.05) is 19.0 Å². The van der Waals surface area contributed by atoms with Gasteiger partial charge in [0.2, 0.25) is 5.91 Å². The molecular formula is C14H17F3N4O2. The molecule has 2 heterocycles. The molecule has 0 radical (unpaired) electrons. The summed E-state index contributed by atoms with van der Waals surface area (Å²) in [5.41, 5.74) is 1.37. The number of piperidine rings is 1. The van der Waals surface area contributed by atoms with E-state index in [4.69, 9.17) is 0 Å². The first kappa shape index (κ1) is 17.2. The second kappa shape index (κ2) is 6.93. The van der Waals surface area contributed by atoms with Gasteiger partial charge in [-0.2, -0.15) is 23.4 Å². The standard InChI is InChI=1S/C14H17F3N4O2/c1-9-2-3-11(20-19-9)8-18-12(22)10-4-6-21(7-5-10)13(23)14(15,16)17/h2-3,10H,4-8H2,1H3,(H,18,22). The fourth-order valence-corrected chi connectivity index (χ4v) is 2.37. The second-order valence-corrected chi connectivity index (χ2v) is 5.45. The van der Waals surface area contributed by atoms with Crippen molar-refractivity contribution < 1.29 is 22.8 Å². The van der Waals surface area contributed by atoms with Crippen LogP contribution in [0.5, 0.6) is 0 Å². The van der Waals surface area contributed by atoms with Crippen molar-refractivity contribution in [3.8, 4) is 0 Å². The Hall–Kier alpha value is -2.19. The predicted molar refractivity (Wildman–Crippen MR) is 74.0 cm³/mol. The van der Waals surface area contributed by atoms with Crippen molar-refractivity contribution in [3.63, 3.8) is 0 Å². The van der Waals surface area contributed by atoms with E-state index in [0.717, 1.165) is 10.6 Å². The van der Waals surface area contributed by atoms with Gasteiger partial charge < -0.3 is 10.2 Å². The predicted octanol–water partition coefficient (Wildman–Crippen LogP) is 1.20. The van der Waals surface area contributed by atoms with Crippen LogP contribution in [0.3, 0.4) is 0 Å². The van der Waals surface area contributed by atoms with Gasteiger partial charge in [0.25, 0.3) is 0 Å². The maximum atomic E-state index is 12.3. The van der Waals surface area contributed by atoms with E-state index in [1.165, 1.54) is 0 Å². The fraction of sp³-hybridized carbons (Fsp3) is 0.571. The van der Waals surface area contributed by atoms with Crippen LogP contribution in [0.2, 0.25) is 0 Å². The molecule has 2 rings (SSSR count). The van der Waals surface area contributed by atoms with Crippen LogP contribution in [-0.4, -0.2) is 46.2 Å². The molecule has 1 aliphatic rings. The van der Waals surface area contributed by atoms with Crippen LogP contribution in [0.1, 0.15) is 24.2 Å². The van der Waals surface area contributed by atoms with Crippen LogP contribution in [0.15, 0.2) is 12.1 Å². The summed E-state index contributed by atoms with van der Waals surface area (Å²) in [6.07, 6.45) is -4.43. The van der Waals surface area contributed by atoms with E-state index in [1.807, 2.05) is 0 Å². The SMILES string of the molecule is Cc1ccc(CNC(=O)C2CCN(C(=O)C(F)(F)F)CC2)nn1. The van der Waals surface area contributed by atoms with Gasteiger partial charge in [-0.25, -0.2) is 0 Å². The number of rotatable bonds is 3. The van der Waals surface area contributed by atoms with Crippen molar-refractivity contribution in [1.82, 2.24) is 20.4 Å². The fourth-order valence-electron chi connectivity index (χ4n) is 2.37. The Labute approximate surface area is 131 Å². The third-order valence-corrected chi connectivity index (χ3v) is 3.69.